The molecule has 0 fully saturated rings. The van der Waals surface area contributed by atoms with Gasteiger partial charge in [-0.25, -0.2) is 9.59 Å². The van der Waals surface area contributed by atoms with Crippen LogP contribution < -0.4 is 9.47 Å². The van der Waals surface area contributed by atoms with Crippen molar-refractivity contribution in [2.24, 2.45) is 0 Å². The second-order valence-electron chi connectivity index (χ2n) is 6.75. The highest BCUT2D eigenvalue weighted by Crippen LogP contribution is 2.54. The summed E-state index contributed by atoms with van der Waals surface area (Å²) in [6.45, 7) is 4.05. The summed E-state index contributed by atoms with van der Waals surface area (Å²) in [6.07, 6.45) is -0.801. The van der Waals surface area contributed by atoms with Gasteiger partial charge in [0, 0.05) is 38.0 Å². The highest BCUT2D eigenvalue weighted by molar-refractivity contribution is 9.35. The zero-order chi connectivity index (χ0) is 23.0. The van der Waals surface area contributed by atoms with E-state index < -0.39 is 12.2 Å². The topological polar surface area (TPSA) is 59.1 Å². The first-order chi connectivity index (χ1) is 14.7. The molecule has 0 aromatic heterocycles. The van der Waals surface area contributed by atoms with E-state index in [1.165, 1.54) is 9.80 Å². The molecule has 11 heteroatoms. The van der Waals surface area contributed by atoms with Crippen LogP contribution in [0.5, 0.6) is 11.5 Å². The van der Waals surface area contributed by atoms with E-state index in [2.05, 4.69) is 0 Å². The summed E-state index contributed by atoms with van der Waals surface area (Å²) in [6, 6.07) is 11.2. The van der Waals surface area contributed by atoms with Crippen molar-refractivity contribution >= 4 is 63.3 Å². The maximum absolute atomic E-state index is 11.7. The first-order valence-corrected chi connectivity index (χ1v) is 15.2. The van der Waals surface area contributed by atoms with E-state index in [1.807, 2.05) is 38.1 Å². The summed E-state index contributed by atoms with van der Waals surface area (Å²) >= 11 is 0. The molecule has 0 saturated heterocycles. The number of ether oxygens (including phenoxy) is 2. The van der Waals surface area contributed by atoms with Crippen LogP contribution in [0.1, 0.15) is 11.1 Å². The third-order valence-electron chi connectivity index (χ3n) is 3.76. The zero-order valence-electron chi connectivity index (χ0n) is 18.0. The van der Waals surface area contributed by atoms with Crippen LogP contribution in [0.25, 0.3) is 0 Å². The smallest absolute Gasteiger partial charge is 0.410 e. The van der Waals surface area contributed by atoms with Crippen LogP contribution >= 0.6 is 51.1 Å². The van der Waals surface area contributed by atoms with Gasteiger partial charge in [0.15, 0.2) is 0 Å². The van der Waals surface area contributed by atoms with Crippen LogP contribution in [0.4, 0.5) is 9.59 Å². The predicted octanol–water partition coefficient (Wildman–Crippen LogP) is 7.17. The van der Waals surface area contributed by atoms with Gasteiger partial charge in [0.2, 0.25) is 0 Å². The van der Waals surface area contributed by atoms with Crippen molar-refractivity contribution in [2.75, 3.05) is 28.2 Å². The van der Waals surface area contributed by atoms with Gasteiger partial charge in [-0.1, -0.05) is 12.1 Å². The van der Waals surface area contributed by atoms with E-state index in [0.717, 1.165) is 20.9 Å². The van der Waals surface area contributed by atoms with E-state index in [0.29, 0.717) is 11.5 Å². The Balaban J connectivity index is 1.86. The van der Waals surface area contributed by atoms with Crippen LogP contribution in [0.15, 0.2) is 46.2 Å². The predicted molar refractivity (Wildman–Crippen MR) is 136 cm³/mol. The van der Waals surface area contributed by atoms with Gasteiger partial charge in [-0.3, -0.25) is 0 Å². The molecule has 2 rings (SSSR count). The fourth-order valence-electron chi connectivity index (χ4n) is 1.96. The number of hydrogen-bond donors (Lipinski definition) is 0. The number of amides is 2. The zero-order valence-corrected chi connectivity index (χ0v) is 22.1. The van der Waals surface area contributed by atoms with Gasteiger partial charge < -0.3 is 19.3 Å². The maximum atomic E-state index is 11.7. The largest absolute Gasteiger partial charge is 0.414 e. The number of aryl methyl sites for hydroxylation is 2. The van der Waals surface area contributed by atoms with E-state index in [9.17, 15) is 9.59 Å². The molecule has 6 nitrogen and oxygen atoms in total. The molecule has 168 valence electrons. The van der Waals surface area contributed by atoms with Crippen LogP contribution in [0.2, 0.25) is 0 Å². The Bertz CT molecular complexity index is 851. The summed E-state index contributed by atoms with van der Waals surface area (Å²) in [5.41, 5.74) is 2.23. The van der Waals surface area contributed by atoms with Gasteiger partial charge >= 0.3 is 12.2 Å². The Morgan fingerprint density at radius 1 is 0.677 bits per heavy atom. The SMILES string of the molecule is Cc1ccc(OC(=O)N(C)C)cc1SSSSSc1cc(OC(=O)N(C)C)ccc1C. The van der Waals surface area contributed by atoms with Crippen molar-refractivity contribution < 1.29 is 19.1 Å². The molecule has 0 N–H and O–H groups in total. The van der Waals surface area contributed by atoms with Gasteiger partial charge in [0.25, 0.3) is 0 Å². The Labute approximate surface area is 202 Å². The number of hydrogen-bond acceptors (Lipinski definition) is 9. The lowest BCUT2D eigenvalue weighted by atomic mass is 10.2. The summed E-state index contributed by atoms with van der Waals surface area (Å²) in [5, 5.41) is 0. The minimum atomic E-state index is -0.400. The van der Waals surface area contributed by atoms with Crippen LogP contribution in [0, 0.1) is 13.8 Å². The number of benzene rings is 2. The van der Waals surface area contributed by atoms with Crippen LogP contribution in [-0.4, -0.2) is 50.2 Å². The van der Waals surface area contributed by atoms with Crippen molar-refractivity contribution in [3.63, 3.8) is 0 Å². The first-order valence-electron chi connectivity index (χ1n) is 9.01. The second-order valence-corrected chi connectivity index (χ2v) is 14.3. The highest BCUT2D eigenvalue weighted by Gasteiger charge is 2.11. The summed E-state index contributed by atoms with van der Waals surface area (Å²) in [4.78, 5) is 28.3. The molecule has 0 saturated carbocycles. The Kier molecular flexibility index (Phi) is 10.6. The molecule has 0 aliphatic heterocycles. The molecule has 2 aromatic carbocycles. The van der Waals surface area contributed by atoms with Crippen molar-refractivity contribution in [2.45, 2.75) is 23.6 Å². The van der Waals surface area contributed by atoms with E-state index in [4.69, 9.17) is 9.47 Å². The van der Waals surface area contributed by atoms with Crippen molar-refractivity contribution in [3.8, 4) is 11.5 Å². The third-order valence-corrected chi connectivity index (χ3v) is 12.3. The highest BCUT2D eigenvalue weighted by atomic mass is 33.8. The number of rotatable bonds is 8. The minimum Gasteiger partial charge on any atom is -0.410 e. The van der Waals surface area contributed by atoms with Gasteiger partial charge in [0.1, 0.15) is 11.5 Å². The molecule has 0 spiro atoms. The second kappa shape index (κ2) is 12.7. The molecule has 2 aromatic rings. The molecule has 2 amide bonds. The van der Waals surface area contributed by atoms with Crippen molar-refractivity contribution in [1.29, 1.82) is 0 Å². The average Bonchev–Trinajstić information content (AvgIpc) is 2.71. The number of carbonyl (C=O) groups is 2. The number of carbonyl (C=O) groups excluding carboxylic acids is 2. The Hall–Kier alpha value is -1.27. The van der Waals surface area contributed by atoms with Crippen LogP contribution in [-0.2, 0) is 0 Å². The van der Waals surface area contributed by atoms with Gasteiger partial charge in [-0.05, 0) is 100 Å². The van der Waals surface area contributed by atoms with Crippen molar-refractivity contribution in [3.05, 3.63) is 47.5 Å². The summed E-state index contributed by atoms with van der Waals surface area (Å²) < 4.78 is 10.7. The molecule has 0 aliphatic carbocycles. The minimum absolute atomic E-state index is 0.400. The molecular formula is C20H24N2O4S5. The van der Waals surface area contributed by atoms with Crippen LogP contribution in [0.3, 0.4) is 0 Å². The van der Waals surface area contributed by atoms with E-state index in [-0.39, 0.29) is 0 Å². The van der Waals surface area contributed by atoms with Crippen molar-refractivity contribution in [1.82, 2.24) is 9.80 Å². The standard InChI is InChI=1S/C20H24N2O4S5/c1-13-7-9-15(25-19(23)21(3)4)11-17(13)27-29-31-30-28-18-12-16(10-8-14(18)2)26-20(24)22(5)6/h7-12H,1-6H3. The molecule has 0 atom stereocenters. The fraction of sp³-hybridized carbons (Fsp3) is 0.300. The lowest BCUT2D eigenvalue weighted by Gasteiger charge is -2.12. The summed E-state index contributed by atoms with van der Waals surface area (Å²) in [7, 11) is 14.7. The molecule has 0 unspecified atom stereocenters. The average molecular weight is 517 g/mol. The monoisotopic (exact) mass is 516 g/mol. The first kappa shape index (κ1) is 26.0. The quantitative estimate of drug-likeness (QED) is 0.268. The molecule has 0 heterocycles. The molecule has 0 radical (unpaired) electrons. The van der Waals surface area contributed by atoms with Gasteiger partial charge in [-0.2, -0.15) is 0 Å². The van der Waals surface area contributed by atoms with Gasteiger partial charge in [-0.15, -0.1) is 0 Å². The lowest BCUT2D eigenvalue weighted by Crippen LogP contribution is -2.25. The number of nitrogens with zero attached hydrogens (tertiary/aromatic N) is 2. The van der Waals surface area contributed by atoms with E-state index in [1.54, 1.807) is 91.4 Å². The molecule has 31 heavy (non-hydrogen) atoms. The molecule has 0 bridgehead atoms. The maximum Gasteiger partial charge on any atom is 0.414 e. The fourth-order valence-corrected chi connectivity index (χ4v) is 10.6. The molecular weight excluding hydrogens is 493 g/mol. The van der Waals surface area contributed by atoms with Gasteiger partial charge in [0.05, 0.1) is 0 Å². The Morgan fingerprint density at radius 2 is 1.06 bits per heavy atom. The Morgan fingerprint density at radius 3 is 1.42 bits per heavy atom. The summed E-state index contributed by atoms with van der Waals surface area (Å²) in [5.74, 6) is 1.05. The normalized spacial score (nSPS) is 10.5. The molecule has 0 aliphatic rings. The van der Waals surface area contributed by atoms with E-state index >= 15 is 0 Å². The third kappa shape index (κ3) is 8.64. The lowest BCUT2D eigenvalue weighted by molar-refractivity contribution is 0.171.